The molecule has 96 valence electrons. The molecule has 0 aliphatic rings. The Hall–Kier alpha value is -1.84. The predicted octanol–water partition coefficient (Wildman–Crippen LogP) is 2.48. The molecule has 4 nitrogen and oxygen atoms in total. The number of hydrogen-bond donors (Lipinski definition) is 1. The van der Waals surface area contributed by atoms with Crippen molar-refractivity contribution in [1.82, 2.24) is 15.0 Å². The lowest BCUT2D eigenvalue weighted by atomic mass is 10.1. The van der Waals surface area contributed by atoms with Gasteiger partial charge in [-0.1, -0.05) is 42.3 Å². The normalized spacial score (nSPS) is 10.8. The van der Waals surface area contributed by atoms with E-state index in [0.29, 0.717) is 5.82 Å². The number of benzene rings is 1. The summed E-state index contributed by atoms with van der Waals surface area (Å²) in [7, 11) is 0. The predicted molar refractivity (Wildman–Crippen MR) is 73.4 cm³/mol. The van der Waals surface area contributed by atoms with Crippen LogP contribution in [0.25, 0.3) is 0 Å². The molecule has 2 rings (SSSR count). The summed E-state index contributed by atoms with van der Waals surface area (Å²) in [6, 6.07) is 6.47. The maximum Gasteiger partial charge on any atom is 0.169 e. The van der Waals surface area contributed by atoms with E-state index in [1.807, 2.05) is 4.68 Å². The maximum absolute atomic E-state index is 5.85. The maximum atomic E-state index is 5.85. The van der Waals surface area contributed by atoms with Gasteiger partial charge in [-0.05, 0) is 31.4 Å². The van der Waals surface area contributed by atoms with Crippen LogP contribution in [-0.4, -0.2) is 15.0 Å². The number of aryl methyl sites for hydroxylation is 2. The zero-order chi connectivity index (χ0) is 13.1. The van der Waals surface area contributed by atoms with Crippen molar-refractivity contribution in [2.24, 2.45) is 0 Å². The van der Waals surface area contributed by atoms with E-state index in [9.17, 15) is 0 Å². The Balaban J connectivity index is 2.31. The summed E-state index contributed by atoms with van der Waals surface area (Å²) in [5.41, 5.74) is 10.7. The van der Waals surface area contributed by atoms with Crippen molar-refractivity contribution in [3.05, 3.63) is 40.6 Å². The van der Waals surface area contributed by atoms with Gasteiger partial charge in [-0.2, -0.15) is 0 Å². The molecule has 0 spiro atoms. The van der Waals surface area contributed by atoms with E-state index in [0.717, 1.165) is 25.1 Å². The van der Waals surface area contributed by atoms with Crippen LogP contribution >= 0.6 is 0 Å². The third kappa shape index (κ3) is 2.53. The van der Waals surface area contributed by atoms with E-state index >= 15 is 0 Å². The Kier molecular flexibility index (Phi) is 3.65. The summed E-state index contributed by atoms with van der Waals surface area (Å²) in [5.74, 6) is 0.558. The highest BCUT2D eigenvalue weighted by molar-refractivity contribution is 5.35. The lowest BCUT2D eigenvalue weighted by molar-refractivity contribution is 0.611. The van der Waals surface area contributed by atoms with E-state index in [1.54, 1.807) is 0 Å². The monoisotopic (exact) mass is 244 g/mol. The second-order valence-corrected chi connectivity index (χ2v) is 4.76. The van der Waals surface area contributed by atoms with Gasteiger partial charge in [0.05, 0.1) is 12.2 Å². The fraction of sp³-hybridized carbons (Fsp3) is 0.429. The van der Waals surface area contributed by atoms with Crippen LogP contribution < -0.4 is 5.73 Å². The Bertz CT molecular complexity index is 543. The van der Waals surface area contributed by atoms with E-state index in [-0.39, 0.29) is 0 Å². The molecule has 0 saturated heterocycles. The first-order valence-corrected chi connectivity index (χ1v) is 6.35. The largest absolute Gasteiger partial charge is 0.381 e. The molecule has 1 heterocycles. The molecule has 2 aromatic rings. The highest BCUT2D eigenvalue weighted by atomic mass is 15.4. The zero-order valence-electron chi connectivity index (χ0n) is 11.3. The number of nitrogens with zero attached hydrogens (tertiary/aromatic N) is 3. The number of nitrogens with two attached hydrogens (primary N) is 1. The average Bonchev–Trinajstić information content (AvgIpc) is 2.67. The number of anilines is 1. The Morgan fingerprint density at radius 2 is 2.06 bits per heavy atom. The third-order valence-corrected chi connectivity index (χ3v) is 3.18. The third-order valence-electron chi connectivity index (χ3n) is 3.18. The van der Waals surface area contributed by atoms with Crippen LogP contribution in [0.2, 0.25) is 0 Å². The quantitative estimate of drug-likeness (QED) is 0.899. The summed E-state index contributed by atoms with van der Waals surface area (Å²) in [5, 5.41) is 8.12. The van der Waals surface area contributed by atoms with Crippen LogP contribution in [0.5, 0.6) is 0 Å². The average molecular weight is 244 g/mol. The van der Waals surface area contributed by atoms with Crippen LogP contribution in [0.15, 0.2) is 18.2 Å². The van der Waals surface area contributed by atoms with Gasteiger partial charge >= 0.3 is 0 Å². The smallest absolute Gasteiger partial charge is 0.169 e. The Morgan fingerprint density at radius 1 is 1.28 bits per heavy atom. The molecular formula is C14H20N4. The van der Waals surface area contributed by atoms with Gasteiger partial charge in [0.2, 0.25) is 0 Å². The standard InChI is InChI=1S/C14H20N4/c1-4-5-13-14(15)16-17-18(13)9-12-8-10(2)6-7-11(12)3/h6-8H,4-5,9,15H2,1-3H3. The molecular weight excluding hydrogens is 224 g/mol. The van der Waals surface area contributed by atoms with Crippen molar-refractivity contribution >= 4 is 5.82 Å². The second-order valence-electron chi connectivity index (χ2n) is 4.76. The van der Waals surface area contributed by atoms with Crippen LogP contribution in [-0.2, 0) is 13.0 Å². The molecule has 0 atom stereocenters. The van der Waals surface area contributed by atoms with Crippen molar-refractivity contribution < 1.29 is 0 Å². The van der Waals surface area contributed by atoms with Crippen molar-refractivity contribution in [3.8, 4) is 0 Å². The van der Waals surface area contributed by atoms with Crippen molar-refractivity contribution in [3.63, 3.8) is 0 Å². The summed E-state index contributed by atoms with van der Waals surface area (Å²) in [6.45, 7) is 7.10. The van der Waals surface area contributed by atoms with Crippen LogP contribution in [0.4, 0.5) is 5.82 Å². The highest BCUT2D eigenvalue weighted by Gasteiger charge is 2.10. The summed E-state index contributed by atoms with van der Waals surface area (Å²) in [4.78, 5) is 0. The van der Waals surface area contributed by atoms with E-state index < -0.39 is 0 Å². The molecule has 2 N–H and O–H groups in total. The Labute approximate surface area is 108 Å². The van der Waals surface area contributed by atoms with Gasteiger partial charge in [-0.15, -0.1) is 5.10 Å². The summed E-state index contributed by atoms with van der Waals surface area (Å²) in [6.07, 6.45) is 1.97. The van der Waals surface area contributed by atoms with Gasteiger partial charge in [-0.3, -0.25) is 0 Å². The molecule has 4 heteroatoms. The van der Waals surface area contributed by atoms with Gasteiger partial charge < -0.3 is 5.73 Å². The molecule has 0 unspecified atom stereocenters. The van der Waals surface area contributed by atoms with Crippen molar-refractivity contribution in [1.29, 1.82) is 0 Å². The number of nitrogen functional groups attached to an aromatic ring is 1. The fourth-order valence-electron chi connectivity index (χ4n) is 2.10. The molecule has 0 aliphatic heterocycles. The molecule has 1 aromatic carbocycles. The van der Waals surface area contributed by atoms with Crippen LogP contribution in [0.3, 0.4) is 0 Å². The lowest BCUT2D eigenvalue weighted by Crippen LogP contribution is -2.08. The molecule has 0 bridgehead atoms. The minimum Gasteiger partial charge on any atom is -0.381 e. The lowest BCUT2D eigenvalue weighted by Gasteiger charge is -2.09. The SMILES string of the molecule is CCCc1c(N)nnn1Cc1cc(C)ccc1C. The molecule has 1 aromatic heterocycles. The van der Waals surface area contributed by atoms with Crippen LogP contribution in [0.1, 0.15) is 35.7 Å². The molecule has 0 aliphatic carbocycles. The first kappa shape index (κ1) is 12.6. The van der Waals surface area contributed by atoms with E-state index in [2.05, 4.69) is 49.3 Å². The minimum absolute atomic E-state index is 0.558. The number of hydrogen-bond acceptors (Lipinski definition) is 3. The molecule has 0 radical (unpaired) electrons. The minimum atomic E-state index is 0.558. The molecule has 0 amide bonds. The molecule has 0 fully saturated rings. The zero-order valence-corrected chi connectivity index (χ0v) is 11.3. The first-order valence-electron chi connectivity index (χ1n) is 6.35. The van der Waals surface area contributed by atoms with E-state index in [4.69, 9.17) is 5.73 Å². The van der Waals surface area contributed by atoms with Gasteiger partial charge in [0.15, 0.2) is 5.82 Å². The summed E-state index contributed by atoms with van der Waals surface area (Å²) < 4.78 is 1.92. The van der Waals surface area contributed by atoms with Crippen molar-refractivity contribution in [2.75, 3.05) is 5.73 Å². The van der Waals surface area contributed by atoms with Crippen molar-refractivity contribution in [2.45, 2.75) is 40.2 Å². The van der Waals surface area contributed by atoms with Crippen LogP contribution in [0, 0.1) is 13.8 Å². The van der Waals surface area contributed by atoms with Gasteiger partial charge in [0.1, 0.15) is 0 Å². The van der Waals surface area contributed by atoms with E-state index in [1.165, 1.54) is 16.7 Å². The van der Waals surface area contributed by atoms with Gasteiger partial charge in [0.25, 0.3) is 0 Å². The Morgan fingerprint density at radius 3 is 2.78 bits per heavy atom. The topological polar surface area (TPSA) is 56.7 Å². The molecule has 0 saturated carbocycles. The first-order chi connectivity index (χ1) is 8.61. The molecule has 18 heavy (non-hydrogen) atoms. The number of rotatable bonds is 4. The fourth-order valence-corrected chi connectivity index (χ4v) is 2.10. The second kappa shape index (κ2) is 5.21. The van der Waals surface area contributed by atoms with Gasteiger partial charge in [0, 0.05) is 0 Å². The van der Waals surface area contributed by atoms with Gasteiger partial charge in [-0.25, -0.2) is 4.68 Å². The summed E-state index contributed by atoms with van der Waals surface area (Å²) >= 11 is 0. The highest BCUT2D eigenvalue weighted by Crippen LogP contribution is 2.16. The number of aromatic nitrogens is 3.